The van der Waals surface area contributed by atoms with Gasteiger partial charge in [-0.15, -0.1) is 0 Å². The van der Waals surface area contributed by atoms with E-state index in [1.165, 1.54) is 22.2 Å². The summed E-state index contributed by atoms with van der Waals surface area (Å²) in [6.07, 6.45) is 2.07. The number of nitriles is 1. The van der Waals surface area contributed by atoms with Crippen LogP contribution < -0.4 is 15.0 Å². The summed E-state index contributed by atoms with van der Waals surface area (Å²) in [6.45, 7) is 2.46. The van der Waals surface area contributed by atoms with E-state index in [9.17, 15) is 14.9 Å². The zero-order valence-corrected chi connectivity index (χ0v) is 21.8. The fourth-order valence-electron chi connectivity index (χ4n) is 4.13. The lowest BCUT2D eigenvalue weighted by molar-refractivity contribution is -0.117. The largest absolute Gasteiger partial charge is 0.497 e. The summed E-state index contributed by atoms with van der Waals surface area (Å²) in [5.74, 6) is 0.147. The molecule has 1 unspecified atom stereocenters. The number of nitrogens with zero attached hydrogens (tertiary/aromatic N) is 2. The molecule has 1 saturated heterocycles. The third kappa shape index (κ3) is 6.22. The molecule has 3 aromatic carbocycles. The summed E-state index contributed by atoms with van der Waals surface area (Å²) in [6, 6.07) is 27.1. The van der Waals surface area contributed by atoms with Crippen LogP contribution in [0.4, 0.5) is 5.69 Å². The highest BCUT2D eigenvalue weighted by Gasteiger charge is 2.40. The number of thioether (sulfide) groups is 1. The number of para-hydroxylation sites is 1. The first-order valence-electron chi connectivity index (χ1n) is 12.2. The third-order valence-corrected chi connectivity index (χ3v) is 7.49. The van der Waals surface area contributed by atoms with Crippen LogP contribution in [0.5, 0.6) is 5.75 Å². The van der Waals surface area contributed by atoms with Crippen molar-refractivity contribution >= 4 is 29.3 Å². The second-order valence-electron chi connectivity index (χ2n) is 8.64. The maximum atomic E-state index is 13.6. The van der Waals surface area contributed by atoms with Gasteiger partial charge in [0.1, 0.15) is 22.4 Å². The molecule has 0 bridgehead atoms. The smallest absolute Gasteiger partial charge is 0.264 e. The SMILES string of the molecule is CCc1ccc(CC2S/C(=C(\C#N)C(=O)NCCc3ccc(OC)cc3)N(c3ccccc3)C2=O)cc1. The average molecular weight is 512 g/mol. The van der Waals surface area contributed by atoms with E-state index in [4.69, 9.17) is 4.74 Å². The Morgan fingerprint density at radius 2 is 1.65 bits per heavy atom. The number of nitrogens with one attached hydrogen (secondary N) is 1. The molecule has 1 atom stereocenters. The first kappa shape index (κ1) is 26.1. The number of hydrogen-bond donors (Lipinski definition) is 1. The quantitative estimate of drug-likeness (QED) is 0.321. The Bertz CT molecular complexity index is 1310. The molecule has 1 N–H and O–H groups in total. The van der Waals surface area contributed by atoms with E-state index in [1.54, 1.807) is 7.11 Å². The van der Waals surface area contributed by atoms with Crippen molar-refractivity contribution in [3.05, 3.63) is 106 Å². The Kier molecular flexibility index (Phi) is 8.65. The highest BCUT2D eigenvalue weighted by atomic mass is 32.2. The molecule has 37 heavy (non-hydrogen) atoms. The number of hydrogen-bond acceptors (Lipinski definition) is 5. The number of ether oxygens (including phenoxy) is 1. The number of anilines is 1. The minimum atomic E-state index is -0.486. The molecule has 0 aromatic heterocycles. The standard InChI is InChI=1S/C30H29N3O3S/c1-3-21-9-11-23(12-10-21)19-27-29(35)33(24-7-5-4-6-8-24)30(37-27)26(20-31)28(34)32-18-17-22-13-15-25(36-2)16-14-22/h4-16,27H,3,17-19H2,1-2H3,(H,32,34)/b30-26+. The molecule has 6 nitrogen and oxygen atoms in total. The lowest BCUT2D eigenvalue weighted by atomic mass is 10.1. The van der Waals surface area contributed by atoms with Crippen LogP contribution in [0.25, 0.3) is 0 Å². The van der Waals surface area contributed by atoms with E-state index in [-0.39, 0.29) is 11.5 Å². The van der Waals surface area contributed by atoms with Gasteiger partial charge in [0.05, 0.1) is 12.4 Å². The number of rotatable bonds is 9. The molecule has 1 aliphatic rings. The molecule has 4 rings (SSSR count). The Morgan fingerprint density at radius 1 is 1.00 bits per heavy atom. The van der Waals surface area contributed by atoms with Crippen molar-refractivity contribution in [3.8, 4) is 11.8 Å². The minimum absolute atomic E-state index is 0.0548. The van der Waals surface area contributed by atoms with Gasteiger partial charge in [0, 0.05) is 12.2 Å². The zero-order valence-electron chi connectivity index (χ0n) is 20.9. The summed E-state index contributed by atoms with van der Waals surface area (Å²) in [5.41, 5.74) is 3.90. The maximum Gasteiger partial charge on any atom is 0.264 e. The molecule has 0 spiro atoms. The average Bonchev–Trinajstić information content (AvgIpc) is 3.25. The van der Waals surface area contributed by atoms with Crippen LogP contribution in [0, 0.1) is 11.3 Å². The van der Waals surface area contributed by atoms with Gasteiger partial charge in [-0.05, 0) is 60.2 Å². The van der Waals surface area contributed by atoms with Gasteiger partial charge < -0.3 is 10.1 Å². The normalized spacial score (nSPS) is 16.3. The van der Waals surface area contributed by atoms with Crippen molar-refractivity contribution in [1.29, 1.82) is 5.26 Å². The molecular formula is C30H29N3O3S. The molecule has 1 fully saturated rings. The Labute approximate surface area is 221 Å². The fourth-order valence-corrected chi connectivity index (χ4v) is 5.43. The highest BCUT2D eigenvalue weighted by molar-refractivity contribution is 8.05. The van der Waals surface area contributed by atoms with Crippen LogP contribution >= 0.6 is 11.8 Å². The number of carbonyl (C=O) groups is 2. The minimum Gasteiger partial charge on any atom is -0.497 e. The highest BCUT2D eigenvalue weighted by Crippen LogP contribution is 2.41. The Morgan fingerprint density at radius 3 is 2.27 bits per heavy atom. The van der Waals surface area contributed by atoms with Crippen LogP contribution in [-0.4, -0.2) is 30.7 Å². The van der Waals surface area contributed by atoms with Crippen molar-refractivity contribution in [3.63, 3.8) is 0 Å². The van der Waals surface area contributed by atoms with Gasteiger partial charge in [-0.2, -0.15) is 5.26 Å². The van der Waals surface area contributed by atoms with Crippen LogP contribution in [0.1, 0.15) is 23.6 Å². The van der Waals surface area contributed by atoms with Crippen molar-refractivity contribution < 1.29 is 14.3 Å². The number of aryl methyl sites for hydroxylation is 1. The predicted octanol–water partition coefficient (Wildman–Crippen LogP) is 5.04. The molecule has 1 heterocycles. The second-order valence-corrected chi connectivity index (χ2v) is 9.83. The second kappa shape index (κ2) is 12.3. The molecule has 2 amide bonds. The van der Waals surface area contributed by atoms with Gasteiger partial charge in [0.25, 0.3) is 5.91 Å². The van der Waals surface area contributed by atoms with Gasteiger partial charge in [0.15, 0.2) is 0 Å². The van der Waals surface area contributed by atoms with Crippen LogP contribution in [-0.2, 0) is 28.9 Å². The lowest BCUT2D eigenvalue weighted by Gasteiger charge is -2.18. The molecule has 188 valence electrons. The maximum absolute atomic E-state index is 13.6. The van der Waals surface area contributed by atoms with E-state index in [0.717, 1.165) is 23.3 Å². The first-order chi connectivity index (χ1) is 18.0. The zero-order chi connectivity index (χ0) is 26.2. The van der Waals surface area contributed by atoms with Crippen LogP contribution in [0.3, 0.4) is 0 Å². The van der Waals surface area contributed by atoms with E-state index in [0.29, 0.717) is 30.1 Å². The Balaban J connectivity index is 1.55. The van der Waals surface area contributed by atoms with E-state index < -0.39 is 11.2 Å². The monoisotopic (exact) mass is 511 g/mol. The molecule has 0 radical (unpaired) electrons. The predicted molar refractivity (Wildman–Crippen MR) is 147 cm³/mol. The van der Waals surface area contributed by atoms with Crippen molar-refractivity contribution in [2.45, 2.75) is 31.4 Å². The summed E-state index contributed by atoms with van der Waals surface area (Å²) in [4.78, 5) is 28.2. The van der Waals surface area contributed by atoms with Crippen molar-refractivity contribution in [2.75, 3.05) is 18.6 Å². The Hall–Kier alpha value is -4.02. The lowest BCUT2D eigenvalue weighted by Crippen LogP contribution is -2.32. The van der Waals surface area contributed by atoms with Gasteiger partial charge >= 0.3 is 0 Å². The summed E-state index contributed by atoms with van der Waals surface area (Å²) in [7, 11) is 1.61. The summed E-state index contributed by atoms with van der Waals surface area (Å²) >= 11 is 1.28. The van der Waals surface area contributed by atoms with Crippen molar-refractivity contribution in [1.82, 2.24) is 5.32 Å². The van der Waals surface area contributed by atoms with Gasteiger partial charge in [0.2, 0.25) is 5.91 Å². The molecule has 7 heteroatoms. The number of methoxy groups -OCH3 is 1. The van der Waals surface area contributed by atoms with Crippen molar-refractivity contribution in [2.24, 2.45) is 0 Å². The first-order valence-corrected chi connectivity index (χ1v) is 13.1. The fraction of sp³-hybridized carbons (Fsp3) is 0.233. The number of amides is 2. The topological polar surface area (TPSA) is 82.4 Å². The molecule has 0 saturated carbocycles. The van der Waals surface area contributed by atoms with E-state index in [1.807, 2.05) is 66.7 Å². The van der Waals surface area contributed by atoms with Gasteiger partial charge in [-0.3, -0.25) is 14.5 Å². The van der Waals surface area contributed by atoms with Crippen LogP contribution in [0.2, 0.25) is 0 Å². The summed E-state index contributed by atoms with van der Waals surface area (Å²) in [5, 5.41) is 12.8. The van der Waals surface area contributed by atoms with E-state index in [2.05, 4.69) is 30.4 Å². The third-order valence-electron chi connectivity index (χ3n) is 6.23. The van der Waals surface area contributed by atoms with E-state index >= 15 is 0 Å². The van der Waals surface area contributed by atoms with Gasteiger partial charge in [-0.1, -0.05) is 73.3 Å². The number of carbonyl (C=O) groups excluding carboxylic acids is 2. The molecule has 3 aromatic rings. The van der Waals surface area contributed by atoms with Crippen LogP contribution in [0.15, 0.2) is 89.5 Å². The molecular weight excluding hydrogens is 482 g/mol. The van der Waals surface area contributed by atoms with Gasteiger partial charge in [-0.25, -0.2) is 0 Å². The molecule has 0 aliphatic carbocycles. The summed E-state index contributed by atoms with van der Waals surface area (Å²) < 4.78 is 5.18. The molecule has 1 aliphatic heterocycles. The number of benzene rings is 3.